The number of nitrogens with zero attached hydrogens (tertiary/aromatic N) is 2. The molecule has 33 heavy (non-hydrogen) atoms. The number of nitrogens with two attached hydrogens (primary N) is 1. The van der Waals surface area contributed by atoms with Crippen molar-refractivity contribution in [3.8, 4) is 16.5 Å². The van der Waals surface area contributed by atoms with Gasteiger partial charge in [0.1, 0.15) is 15.6 Å². The molecule has 3 aromatic heterocycles. The second kappa shape index (κ2) is 7.16. The third-order valence-corrected chi connectivity index (χ3v) is 7.43. The lowest BCUT2D eigenvalue weighted by Gasteiger charge is -2.31. The number of cyclic esters (lactones) is 1. The third kappa shape index (κ3) is 3.28. The number of para-hydroxylation sites is 2. The molecule has 0 fully saturated rings. The van der Waals surface area contributed by atoms with Crippen LogP contribution in [-0.2, 0) is 4.74 Å². The minimum atomic E-state index is -1.13. The molecule has 2 aromatic carbocycles. The SMILES string of the molecule is CC1(C)OC(=O)c2c(nc3c(-c4nc5ccccc5s4)c(Nc4ccccc4)sc3c2N)O1. The second-order valence-electron chi connectivity index (χ2n) is 8.06. The molecule has 0 radical (unpaired) electrons. The number of anilines is 3. The fourth-order valence-corrected chi connectivity index (χ4v) is 6.02. The van der Waals surface area contributed by atoms with E-state index in [0.717, 1.165) is 31.5 Å². The Bertz CT molecular complexity index is 1520. The molecular formula is C24H18N4O3S2. The molecule has 0 unspecified atom stereocenters. The molecule has 0 saturated heterocycles. The van der Waals surface area contributed by atoms with Gasteiger partial charge in [-0.1, -0.05) is 30.3 Å². The number of benzene rings is 2. The van der Waals surface area contributed by atoms with Crippen LogP contribution in [0.4, 0.5) is 16.4 Å². The Labute approximate surface area is 196 Å². The van der Waals surface area contributed by atoms with Crippen molar-refractivity contribution < 1.29 is 14.3 Å². The molecule has 0 saturated carbocycles. The van der Waals surface area contributed by atoms with Gasteiger partial charge in [-0.15, -0.1) is 22.7 Å². The molecule has 5 aromatic rings. The molecule has 0 aliphatic carbocycles. The van der Waals surface area contributed by atoms with Gasteiger partial charge in [0, 0.05) is 19.5 Å². The molecule has 9 heteroatoms. The standard InChI is InChI=1S/C24H18N4O3S2/c1-24(2)30-20-15(23(29)31-24)17(25)19-18(28-20)16(21(33-19)26-12-8-4-3-5-9-12)22-27-13-10-6-7-11-14(13)32-22/h3-11,26H,1-2H3,(H2,25,28). The van der Waals surface area contributed by atoms with Crippen LogP contribution in [0.3, 0.4) is 0 Å². The highest BCUT2D eigenvalue weighted by Crippen LogP contribution is 2.50. The van der Waals surface area contributed by atoms with Gasteiger partial charge in [-0.3, -0.25) is 0 Å². The van der Waals surface area contributed by atoms with E-state index in [1.54, 1.807) is 25.2 Å². The van der Waals surface area contributed by atoms with Gasteiger partial charge in [-0.2, -0.15) is 0 Å². The van der Waals surface area contributed by atoms with Crippen molar-refractivity contribution in [3.05, 3.63) is 60.2 Å². The van der Waals surface area contributed by atoms with E-state index < -0.39 is 11.8 Å². The maximum Gasteiger partial charge on any atom is 0.349 e. The van der Waals surface area contributed by atoms with Gasteiger partial charge in [0.2, 0.25) is 5.88 Å². The lowest BCUT2D eigenvalue weighted by molar-refractivity contribution is -0.129. The van der Waals surface area contributed by atoms with E-state index in [0.29, 0.717) is 15.9 Å². The number of esters is 1. The van der Waals surface area contributed by atoms with Crippen molar-refractivity contribution in [2.45, 2.75) is 19.6 Å². The summed E-state index contributed by atoms with van der Waals surface area (Å²) >= 11 is 3.01. The number of thiazole rings is 1. The number of fused-ring (bicyclic) bond motifs is 3. The maximum atomic E-state index is 12.7. The number of rotatable bonds is 3. The van der Waals surface area contributed by atoms with Gasteiger partial charge >= 0.3 is 5.97 Å². The normalized spacial score (nSPS) is 14.7. The molecule has 164 valence electrons. The molecule has 1 aliphatic rings. The number of nitrogen functional groups attached to an aromatic ring is 1. The zero-order valence-electron chi connectivity index (χ0n) is 17.7. The zero-order valence-corrected chi connectivity index (χ0v) is 19.3. The molecule has 0 amide bonds. The first-order chi connectivity index (χ1) is 15.9. The largest absolute Gasteiger partial charge is 0.435 e. The van der Waals surface area contributed by atoms with Crippen molar-refractivity contribution >= 4 is 65.5 Å². The second-order valence-corrected chi connectivity index (χ2v) is 10.1. The van der Waals surface area contributed by atoms with Gasteiger partial charge in [-0.05, 0) is 24.3 Å². The minimum Gasteiger partial charge on any atom is -0.435 e. The van der Waals surface area contributed by atoms with Crippen molar-refractivity contribution in [1.82, 2.24) is 9.97 Å². The molecule has 6 rings (SSSR count). The van der Waals surface area contributed by atoms with Crippen LogP contribution in [0.25, 0.3) is 31.0 Å². The fraction of sp³-hybridized carbons (Fsp3) is 0.125. The van der Waals surface area contributed by atoms with Crippen molar-refractivity contribution in [1.29, 1.82) is 0 Å². The molecule has 0 atom stereocenters. The van der Waals surface area contributed by atoms with Crippen LogP contribution in [0.5, 0.6) is 5.88 Å². The highest BCUT2D eigenvalue weighted by molar-refractivity contribution is 7.26. The van der Waals surface area contributed by atoms with Crippen LogP contribution in [0.2, 0.25) is 0 Å². The molecular weight excluding hydrogens is 456 g/mol. The number of hydrogen-bond acceptors (Lipinski definition) is 9. The topological polar surface area (TPSA) is 99.4 Å². The van der Waals surface area contributed by atoms with E-state index in [9.17, 15) is 4.79 Å². The summed E-state index contributed by atoms with van der Waals surface area (Å²) in [5, 5.41) is 5.13. The number of aromatic nitrogens is 2. The third-order valence-electron chi connectivity index (χ3n) is 5.25. The average molecular weight is 475 g/mol. The van der Waals surface area contributed by atoms with E-state index in [-0.39, 0.29) is 11.4 Å². The number of nitrogens with one attached hydrogen (secondary N) is 1. The van der Waals surface area contributed by atoms with Gasteiger partial charge in [0.25, 0.3) is 5.79 Å². The maximum absolute atomic E-state index is 12.7. The summed E-state index contributed by atoms with van der Waals surface area (Å²) in [5.41, 5.74) is 10.2. The van der Waals surface area contributed by atoms with E-state index in [2.05, 4.69) is 5.32 Å². The Morgan fingerprint density at radius 2 is 1.70 bits per heavy atom. The monoisotopic (exact) mass is 474 g/mol. The Morgan fingerprint density at radius 3 is 2.48 bits per heavy atom. The first-order valence-corrected chi connectivity index (χ1v) is 11.9. The van der Waals surface area contributed by atoms with Crippen LogP contribution in [0, 0.1) is 0 Å². The van der Waals surface area contributed by atoms with Crippen LogP contribution in [0.15, 0.2) is 54.6 Å². The quantitative estimate of drug-likeness (QED) is 0.301. The number of pyridine rings is 1. The van der Waals surface area contributed by atoms with Crippen LogP contribution >= 0.6 is 22.7 Å². The van der Waals surface area contributed by atoms with Crippen LogP contribution in [0.1, 0.15) is 24.2 Å². The smallest absolute Gasteiger partial charge is 0.349 e. The van der Waals surface area contributed by atoms with E-state index in [1.165, 1.54) is 11.3 Å². The van der Waals surface area contributed by atoms with Crippen molar-refractivity contribution in [2.75, 3.05) is 11.1 Å². The molecule has 1 aliphatic heterocycles. The van der Waals surface area contributed by atoms with Crippen molar-refractivity contribution in [2.24, 2.45) is 0 Å². The zero-order chi connectivity index (χ0) is 22.7. The Balaban J connectivity index is 1.64. The summed E-state index contributed by atoms with van der Waals surface area (Å²) < 4.78 is 13.0. The van der Waals surface area contributed by atoms with E-state index in [4.69, 9.17) is 25.2 Å². The van der Waals surface area contributed by atoms with Crippen molar-refractivity contribution in [3.63, 3.8) is 0 Å². The van der Waals surface area contributed by atoms with E-state index >= 15 is 0 Å². The number of carbonyl (C=O) groups is 1. The van der Waals surface area contributed by atoms with Gasteiger partial charge in [0.05, 0.1) is 31.7 Å². The van der Waals surface area contributed by atoms with Gasteiger partial charge < -0.3 is 20.5 Å². The molecule has 3 N–H and O–H groups in total. The first-order valence-electron chi connectivity index (χ1n) is 10.3. The molecule has 0 bridgehead atoms. The molecule has 4 heterocycles. The number of ether oxygens (including phenoxy) is 2. The minimum absolute atomic E-state index is 0.158. The summed E-state index contributed by atoms with van der Waals surface area (Å²) in [6.45, 7) is 3.33. The Hall–Kier alpha value is -3.69. The predicted molar refractivity (Wildman–Crippen MR) is 132 cm³/mol. The molecule has 7 nitrogen and oxygen atoms in total. The van der Waals surface area contributed by atoms with Crippen LogP contribution < -0.4 is 15.8 Å². The van der Waals surface area contributed by atoms with Crippen LogP contribution in [-0.4, -0.2) is 21.7 Å². The van der Waals surface area contributed by atoms with Gasteiger partial charge in [0.15, 0.2) is 0 Å². The lowest BCUT2D eigenvalue weighted by Crippen LogP contribution is -2.39. The number of hydrogen-bond donors (Lipinski definition) is 2. The summed E-state index contributed by atoms with van der Waals surface area (Å²) in [5.74, 6) is -1.50. The fourth-order valence-electron chi connectivity index (χ4n) is 3.82. The first kappa shape index (κ1) is 20.0. The van der Waals surface area contributed by atoms with E-state index in [1.807, 2.05) is 54.6 Å². The lowest BCUT2D eigenvalue weighted by atomic mass is 10.1. The van der Waals surface area contributed by atoms with Gasteiger partial charge in [-0.25, -0.2) is 14.8 Å². The number of thiophene rings is 1. The average Bonchev–Trinajstić information content (AvgIpc) is 3.34. The summed E-state index contributed by atoms with van der Waals surface area (Å²) in [6, 6.07) is 17.8. The number of carbonyl (C=O) groups excluding carboxylic acids is 1. The Morgan fingerprint density at radius 1 is 0.939 bits per heavy atom. The highest BCUT2D eigenvalue weighted by Gasteiger charge is 2.38. The molecule has 0 spiro atoms. The summed E-state index contributed by atoms with van der Waals surface area (Å²) in [6.07, 6.45) is 0. The highest BCUT2D eigenvalue weighted by atomic mass is 32.1. The summed E-state index contributed by atoms with van der Waals surface area (Å²) in [7, 11) is 0. The summed E-state index contributed by atoms with van der Waals surface area (Å²) in [4.78, 5) is 22.3. The Kier molecular flexibility index (Phi) is 4.33. The predicted octanol–water partition coefficient (Wildman–Crippen LogP) is 6.18.